The second-order valence-corrected chi connectivity index (χ2v) is 8.54. The Morgan fingerprint density at radius 2 is 1.96 bits per heavy atom. The zero-order valence-electron chi connectivity index (χ0n) is 13.1. The second kappa shape index (κ2) is 7.09. The third kappa shape index (κ3) is 3.82. The fourth-order valence-electron chi connectivity index (χ4n) is 2.62. The summed E-state index contributed by atoms with van der Waals surface area (Å²) in [5.41, 5.74) is 1.67. The van der Waals surface area contributed by atoms with Crippen molar-refractivity contribution in [3.05, 3.63) is 46.2 Å². The lowest BCUT2D eigenvalue weighted by molar-refractivity contribution is -0.130. The minimum Gasteiger partial charge on any atom is -0.376 e. The molecule has 134 valence electrons. The maximum absolute atomic E-state index is 12.5. The number of fused-ring (bicyclic) bond motifs is 1. The third-order valence-corrected chi connectivity index (χ3v) is 6.44. The molecule has 1 aliphatic rings. The van der Waals surface area contributed by atoms with Crippen molar-refractivity contribution < 1.29 is 22.0 Å². The lowest BCUT2D eigenvalue weighted by Gasteiger charge is -2.27. The molecule has 25 heavy (non-hydrogen) atoms. The molecule has 0 saturated carbocycles. The molecule has 9 heteroatoms. The predicted octanol–water partition coefficient (Wildman–Crippen LogP) is 2.74. The summed E-state index contributed by atoms with van der Waals surface area (Å²) < 4.78 is 47.7. The van der Waals surface area contributed by atoms with Gasteiger partial charge in [-0.2, -0.15) is 8.78 Å². The molecule has 0 bridgehead atoms. The zero-order chi connectivity index (χ0) is 18.0. The van der Waals surface area contributed by atoms with E-state index in [4.69, 9.17) is 0 Å². The van der Waals surface area contributed by atoms with Crippen LogP contribution in [-0.2, 0) is 27.6 Å². The van der Waals surface area contributed by atoms with E-state index in [9.17, 15) is 22.0 Å². The summed E-state index contributed by atoms with van der Waals surface area (Å²) in [6.45, 7) is 1.31. The molecule has 0 atom stereocenters. The van der Waals surface area contributed by atoms with Gasteiger partial charge < -0.3 is 10.2 Å². The summed E-state index contributed by atoms with van der Waals surface area (Å²) in [7, 11) is -4.60. The molecular weight excluding hydrogens is 370 g/mol. The van der Waals surface area contributed by atoms with Crippen LogP contribution in [0.25, 0.3) is 0 Å². The van der Waals surface area contributed by atoms with Gasteiger partial charge >= 0.3 is 5.76 Å². The average Bonchev–Trinajstić information content (AvgIpc) is 3.07. The average molecular weight is 386 g/mol. The van der Waals surface area contributed by atoms with Crippen LogP contribution in [0.4, 0.5) is 14.5 Å². The first-order chi connectivity index (χ1) is 11.9. The molecule has 0 fully saturated rings. The first-order valence-corrected chi connectivity index (χ1v) is 9.99. The Bertz CT molecular complexity index is 864. The Morgan fingerprint density at radius 1 is 1.24 bits per heavy atom. The number of carbonyl (C=O) groups is 1. The molecule has 1 amide bonds. The molecule has 1 aromatic heterocycles. The van der Waals surface area contributed by atoms with Crippen LogP contribution in [0, 0.1) is 0 Å². The zero-order valence-corrected chi connectivity index (χ0v) is 14.7. The van der Waals surface area contributed by atoms with E-state index < -0.39 is 20.5 Å². The van der Waals surface area contributed by atoms with E-state index >= 15 is 0 Å². The summed E-state index contributed by atoms with van der Waals surface area (Å²) in [6.07, 6.45) is 0.846. The van der Waals surface area contributed by atoms with E-state index in [1.165, 1.54) is 22.6 Å². The number of sulfone groups is 1. The summed E-state index contributed by atoms with van der Waals surface area (Å²) in [4.78, 5) is 14.9. The van der Waals surface area contributed by atoms with Crippen molar-refractivity contribution in [3.63, 3.8) is 0 Å². The molecule has 0 radical (unpaired) electrons. The molecule has 0 saturated heterocycles. The standard InChI is InChI=1S/C16H16F2N2O3S2/c17-16(18)25(22,23)13-3-1-12(2-4-13)19-9-15(21)20-7-5-14-11(10-20)6-8-24-14/h1-4,6,8,16,19H,5,7,9-10H2. The number of nitrogens with one attached hydrogen (secondary N) is 1. The maximum atomic E-state index is 12.5. The van der Waals surface area contributed by atoms with E-state index in [0.717, 1.165) is 18.6 Å². The smallest absolute Gasteiger partial charge is 0.341 e. The van der Waals surface area contributed by atoms with Crippen molar-refractivity contribution in [3.8, 4) is 0 Å². The SMILES string of the molecule is O=C(CNc1ccc(S(=O)(=O)C(F)F)cc1)N1CCc2sccc2C1. The largest absolute Gasteiger partial charge is 0.376 e. The second-order valence-electron chi connectivity index (χ2n) is 5.62. The first kappa shape index (κ1) is 17.8. The Labute approximate surface area is 148 Å². The van der Waals surface area contributed by atoms with E-state index in [-0.39, 0.29) is 12.5 Å². The number of benzene rings is 1. The van der Waals surface area contributed by atoms with Crippen LogP contribution in [0.2, 0.25) is 0 Å². The maximum Gasteiger partial charge on any atom is 0.341 e. The molecule has 2 aromatic rings. The van der Waals surface area contributed by atoms with E-state index in [2.05, 4.69) is 5.32 Å². The van der Waals surface area contributed by atoms with Gasteiger partial charge in [0.1, 0.15) is 0 Å². The number of thiophene rings is 1. The molecule has 1 aliphatic heterocycles. The van der Waals surface area contributed by atoms with Crippen molar-refractivity contribution in [2.45, 2.75) is 23.6 Å². The van der Waals surface area contributed by atoms with Crippen molar-refractivity contribution in [2.24, 2.45) is 0 Å². The number of alkyl halides is 2. The molecular formula is C16H16F2N2O3S2. The molecule has 5 nitrogen and oxygen atoms in total. The van der Waals surface area contributed by atoms with Gasteiger partial charge in [-0.3, -0.25) is 4.79 Å². The number of amides is 1. The monoisotopic (exact) mass is 386 g/mol. The Kier molecular flexibility index (Phi) is 5.05. The molecule has 0 aliphatic carbocycles. The minimum atomic E-state index is -4.60. The molecule has 2 heterocycles. The van der Waals surface area contributed by atoms with Crippen LogP contribution in [0.5, 0.6) is 0 Å². The summed E-state index contributed by atoms with van der Waals surface area (Å²) in [5, 5.41) is 4.92. The van der Waals surface area contributed by atoms with Crippen molar-refractivity contribution in [1.82, 2.24) is 4.90 Å². The van der Waals surface area contributed by atoms with Gasteiger partial charge in [-0.1, -0.05) is 0 Å². The third-order valence-electron chi connectivity index (χ3n) is 4.02. The fourth-order valence-corrected chi connectivity index (χ4v) is 4.23. The van der Waals surface area contributed by atoms with Gasteiger partial charge in [0.25, 0.3) is 0 Å². The molecule has 1 aromatic carbocycles. The summed E-state index contributed by atoms with van der Waals surface area (Å²) in [6, 6.07) is 6.97. The van der Waals surface area contributed by atoms with Gasteiger partial charge in [0.2, 0.25) is 15.7 Å². The number of anilines is 1. The number of carbonyl (C=O) groups excluding carboxylic acids is 1. The van der Waals surface area contributed by atoms with Crippen LogP contribution in [-0.4, -0.2) is 38.1 Å². The van der Waals surface area contributed by atoms with E-state index in [1.54, 1.807) is 16.2 Å². The Morgan fingerprint density at radius 3 is 2.64 bits per heavy atom. The number of rotatable bonds is 5. The van der Waals surface area contributed by atoms with Gasteiger partial charge in [0.05, 0.1) is 11.4 Å². The van der Waals surface area contributed by atoms with Crippen molar-refractivity contribution >= 4 is 32.8 Å². The van der Waals surface area contributed by atoms with Crippen molar-refractivity contribution in [1.29, 1.82) is 0 Å². The highest BCUT2D eigenvalue weighted by Crippen LogP contribution is 2.24. The lowest BCUT2D eigenvalue weighted by atomic mass is 10.1. The number of hydrogen-bond donors (Lipinski definition) is 1. The van der Waals surface area contributed by atoms with Crippen LogP contribution < -0.4 is 5.32 Å². The Balaban J connectivity index is 1.58. The molecule has 3 rings (SSSR count). The van der Waals surface area contributed by atoms with E-state index in [0.29, 0.717) is 18.8 Å². The number of nitrogens with zero attached hydrogens (tertiary/aromatic N) is 1. The fraction of sp³-hybridized carbons (Fsp3) is 0.312. The van der Waals surface area contributed by atoms with Gasteiger partial charge in [-0.25, -0.2) is 8.42 Å². The van der Waals surface area contributed by atoms with Gasteiger partial charge in [0, 0.05) is 23.7 Å². The molecule has 0 unspecified atom stereocenters. The highest BCUT2D eigenvalue weighted by molar-refractivity contribution is 7.91. The number of hydrogen-bond acceptors (Lipinski definition) is 5. The van der Waals surface area contributed by atoms with Gasteiger partial charge in [-0.15, -0.1) is 11.3 Å². The normalized spacial score (nSPS) is 14.4. The topological polar surface area (TPSA) is 66.5 Å². The van der Waals surface area contributed by atoms with E-state index in [1.807, 2.05) is 11.4 Å². The van der Waals surface area contributed by atoms with Crippen LogP contribution in [0.3, 0.4) is 0 Å². The van der Waals surface area contributed by atoms with Gasteiger partial charge in [-0.05, 0) is 47.7 Å². The summed E-state index contributed by atoms with van der Waals surface area (Å²) >= 11 is 1.70. The minimum absolute atomic E-state index is 0.0560. The summed E-state index contributed by atoms with van der Waals surface area (Å²) in [5.74, 6) is -3.52. The predicted molar refractivity (Wildman–Crippen MR) is 91.6 cm³/mol. The highest BCUT2D eigenvalue weighted by Gasteiger charge is 2.26. The quantitative estimate of drug-likeness (QED) is 0.858. The van der Waals surface area contributed by atoms with Crippen LogP contribution >= 0.6 is 11.3 Å². The highest BCUT2D eigenvalue weighted by atomic mass is 32.2. The Hall–Kier alpha value is -2.00. The van der Waals surface area contributed by atoms with Crippen molar-refractivity contribution in [2.75, 3.05) is 18.4 Å². The van der Waals surface area contributed by atoms with Crippen LogP contribution in [0.15, 0.2) is 40.6 Å². The van der Waals surface area contributed by atoms with Gasteiger partial charge in [0.15, 0.2) is 0 Å². The lowest BCUT2D eigenvalue weighted by Crippen LogP contribution is -2.38. The number of halogens is 2. The molecule has 1 N–H and O–H groups in total. The molecule has 0 spiro atoms. The first-order valence-electron chi connectivity index (χ1n) is 7.57. The van der Waals surface area contributed by atoms with Crippen LogP contribution in [0.1, 0.15) is 10.4 Å².